The van der Waals surface area contributed by atoms with Gasteiger partial charge in [-0.15, -0.1) is 5.10 Å². The minimum absolute atomic E-state index is 0.301. The molecule has 23 heavy (non-hydrogen) atoms. The molecule has 3 heterocycles. The van der Waals surface area contributed by atoms with E-state index in [0.717, 1.165) is 0 Å². The molecule has 0 aliphatic heterocycles. The summed E-state index contributed by atoms with van der Waals surface area (Å²) < 4.78 is 11.9. The molecule has 0 saturated heterocycles. The fourth-order valence-electron chi connectivity index (χ4n) is 1.74. The first kappa shape index (κ1) is 14.7. The minimum atomic E-state index is -0.605. The number of hydrogen-bond acceptors (Lipinski definition) is 7. The van der Waals surface area contributed by atoms with E-state index < -0.39 is 4.92 Å². The van der Waals surface area contributed by atoms with Crippen molar-refractivity contribution in [1.82, 2.24) is 14.9 Å². The third-order valence-corrected chi connectivity index (χ3v) is 2.98. The molecule has 0 aliphatic carbocycles. The molecule has 1 N–H and O–H groups in total. The van der Waals surface area contributed by atoms with E-state index in [2.05, 4.69) is 15.3 Å². The molecule has 116 valence electrons. The van der Waals surface area contributed by atoms with Crippen LogP contribution in [0.25, 0.3) is 17.7 Å². The number of furan rings is 2. The number of rotatable bonds is 5. The Balaban J connectivity index is 1.78. The summed E-state index contributed by atoms with van der Waals surface area (Å²) in [6.07, 6.45) is 6.06. The SMILES string of the molecule is O=[N+]([O-])c1ccc(/C=C/C=N/n2c(-c3ccco3)n[nH]c2=S)o1. The number of nitro groups is 1. The van der Waals surface area contributed by atoms with E-state index in [0.29, 0.717) is 22.1 Å². The molecule has 3 rings (SSSR count). The van der Waals surface area contributed by atoms with Crippen LogP contribution in [-0.2, 0) is 0 Å². The molecule has 3 aromatic heterocycles. The van der Waals surface area contributed by atoms with Gasteiger partial charge in [-0.2, -0.15) is 9.78 Å². The number of nitrogens with one attached hydrogen (secondary N) is 1. The highest BCUT2D eigenvalue weighted by Gasteiger charge is 2.10. The van der Waals surface area contributed by atoms with Gasteiger partial charge < -0.3 is 8.83 Å². The Morgan fingerprint density at radius 3 is 3.00 bits per heavy atom. The van der Waals surface area contributed by atoms with Gasteiger partial charge >= 0.3 is 5.88 Å². The zero-order valence-electron chi connectivity index (χ0n) is 11.4. The fourth-order valence-corrected chi connectivity index (χ4v) is 1.92. The van der Waals surface area contributed by atoms with Crippen molar-refractivity contribution < 1.29 is 13.8 Å². The lowest BCUT2D eigenvalue weighted by atomic mass is 10.4. The van der Waals surface area contributed by atoms with E-state index in [1.807, 2.05) is 0 Å². The maximum atomic E-state index is 10.5. The summed E-state index contributed by atoms with van der Waals surface area (Å²) in [6.45, 7) is 0. The summed E-state index contributed by atoms with van der Waals surface area (Å²) in [4.78, 5) is 9.91. The maximum absolute atomic E-state index is 10.5. The summed E-state index contributed by atoms with van der Waals surface area (Å²) in [5, 5.41) is 21.3. The number of aromatic nitrogens is 3. The third kappa shape index (κ3) is 3.16. The summed E-state index contributed by atoms with van der Waals surface area (Å²) in [5.41, 5.74) is 0. The van der Waals surface area contributed by atoms with E-state index in [1.165, 1.54) is 35.4 Å². The largest absolute Gasteiger partial charge is 0.461 e. The molecule has 0 amide bonds. The van der Waals surface area contributed by atoms with Crippen molar-refractivity contribution in [3.05, 3.63) is 57.3 Å². The molecular formula is C13H9N5O4S. The van der Waals surface area contributed by atoms with Crippen LogP contribution in [0.3, 0.4) is 0 Å². The number of hydrogen-bond donors (Lipinski definition) is 1. The average molecular weight is 331 g/mol. The zero-order valence-corrected chi connectivity index (χ0v) is 12.3. The lowest BCUT2D eigenvalue weighted by molar-refractivity contribution is -0.402. The van der Waals surface area contributed by atoms with Gasteiger partial charge in [0.15, 0.2) is 5.76 Å². The number of allylic oxidation sites excluding steroid dienone is 1. The van der Waals surface area contributed by atoms with Gasteiger partial charge in [-0.3, -0.25) is 10.1 Å². The van der Waals surface area contributed by atoms with Crippen molar-refractivity contribution in [2.24, 2.45) is 5.10 Å². The molecule has 10 heteroatoms. The van der Waals surface area contributed by atoms with Gasteiger partial charge in [-0.05, 0) is 42.6 Å². The summed E-state index contributed by atoms with van der Waals surface area (Å²) in [5.74, 6) is 0.961. The molecule has 0 saturated carbocycles. The van der Waals surface area contributed by atoms with Gasteiger partial charge in [0.2, 0.25) is 10.6 Å². The highest BCUT2D eigenvalue weighted by Crippen LogP contribution is 2.18. The molecule has 0 unspecified atom stereocenters. The van der Waals surface area contributed by atoms with Gasteiger partial charge in [0.25, 0.3) is 0 Å². The Hall–Kier alpha value is -3.27. The van der Waals surface area contributed by atoms with Crippen molar-refractivity contribution >= 4 is 30.4 Å². The first-order chi connectivity index (χ1) is 11.1. The van der Waals surface area contributed by atoms with Crippen molar-refractivity contribution in [3.8, 4) is 11.6 Å². The van der Waals surface area contributed by atoms with Crippen LogP contribution in [0.15, 0.2) is 50.5 Å². The Labute approximate surface area is 133 Å². The average Bonchev–Trinajstić information content (AvgIpc) is 3.25. The van der Waals surface area contributed by atoms with Crippen molar-refractivity contribution in [1.29, 1.82) is 0 Å². The molecule has 0 radical (unpaired) electrons. The number of H-pyrrole nitrogens is 1. The second-order valence-corrected chi connectivity index (χ2v) is 4.58. The van der Waals surface area contributed by atoms with Gasteiger partial charge in [-0.25, -0.2) is 5.10 Å². The van der Waals surface area contributed by atoms with Crippen LogP contribution in [0.4, 0.5) is 5.88 Å². The number of aromatic amines is 1. The lowest BCUT2D eigenvalue weighted by Crippen LogP contribution is -1.92. The smallest absolute Gasteiger partial charge is 0.433 e. The third-order valence-electron chi connectivity index (χ3n) is 2.71. The van der Waals surface area contributed by atoms with Gasteiger partial charge in [0.05, 0.1) is 12.3 Å². The lowest BCUT2D eigenvalue weighted by Gasteiger charge is -1.95. The highest BCUT2D eigenvalue weighted by molar-refractivity contribution is 7.71. The summed E-state index contributed by atoms with van der Waals surface area (Å²) in [7, 11) is 0. The van der Waals surface area contributed by atoms with Crippen molar-refractivity contribution in [2.75, 3.05) is 0 Å². The Kier molecular flexibility index (Phi) is 3.97. The first-order valence-corrected chi connectivity index (χ1v) is 6.72. The molecule has 0 atom stereocenters. The standard InChI is InChI=1S/C13H9N5O4S/c19-18(20)11-6-5-9(22-11)3-1-7-14-17-12(15-16-13(17)23)10-4-2-8-21-10/h1-8H,(H,16,23)/b3-1+,14-7+. The van der Waals surface area contributed by atoms with Crippen LogP contribution in [0.2, 0.25) is 0 Å². The van der Waals surface area contributed by atoms with Crippen LogP contribution in [-0.4, -0.2) is 26.0 Å². The van der Waals surface area contributed by atoms with E-state index in [9.17, 15) is 10.1 Å². The minimum Gasteiger partial charge on any atom is -0.461 e. The molecule has 0 spiro atoms. The second kappa shape index (κ2) is 6.23. The predicted molar refractivity (Wildman–Crippen MR) is 83.4 cm³/mol. The normalized spacial score (nSPS) is 11.7. The predicted octanol–water partition coefficient (Wildman–Crippen LogP) is 3.25. The Morgan fingerprint density at radius 2 is 2.30 bits per heavy atom. The van der Waals surface area contributed by atoms with Crippen LogP contribution < -0.4 is 0 Å². The maximum Gasteiger partial charge on any atom is 0.433 e. The second-order valence-electron chi connectivity index (χ2n) is 4.20. The molecule has 3 aromatic rings. The van der Waals surface area contributed by atoms with Crippen LogP contribution in [0.5, 0.6) is 0 Å². The molecule has 0 bridgehead atoms. The molecular weight excluding hydrogens is 322 g/mol. The van der Waals surface area contributed by atoms with Crippen LogP contribution in [0.1, 0.15) is 5.76 Å². The van der Waals surface area contributed by atoms with E-state index >= 15 is 0 Å². The Bertz CT molecular complexity index is 932. The van der Waals surface area contributed by atoms with E-state index in [-0.39, 0.29) is 5.88 Å². The molecule has 0 fully saturated rings. The topological polar surface area (TPSA) is 115 Å². The van der Waals surface area contributed by atoms with Gasteiger partial charge in [0.1, 0.15) is 10.7 Å². The molecule has 9 nitrogen and oxygen atoms in total. The van der Waals surface area contributed by atoms with Crippen molar-refractivity contribution in [3.63, 3.8) is 0 Å². The Morgan fingerprint density at radius 1 is 1.43 bits per heavy atom. The summed E-state index contributed by atoms with van der Waals surface area (Å²) in [6, 6.07) is 6.22. The monoisotopic (exact) mass is 331 g/mol. The molecule has 0 aromatic carbocycles. The fraction of sp³-hybridized carbons (Fsp3) is 0. The van der Waals surface area contributed by atoms with E-state index in [4.69, 9.17) is 21.1 Å². The quantitative estimate of drug-likeness (QED) is 0.332. The van der Waals surface area contributed by atoms with Crippen molar-refractivity contribution in [2.45, 2.75) is 0 Å². The van der Waals surface area contributed by atoms with Crippen LogP contribution in [0, 0.1) is 14.9 Å². The number of nitrogens with zero attached hydrogens (tertiary/aromatic N) is 4. The van der Waals surface area contributed by atoms with Gasteiger partial charge in [0, 0.05) is 6.21 Å². The van der Waals surface area contributed by atoms with Crippen LogP contribution >= 0.6 is 12.2 Å². The first-order valence-electron chi connectivity index (χ1n) is 6.31. The molecule has 0 aliphatic rings. The zero-order chi connectivity index (χ0) is 16.2. The highest BCUT2D eigenvalue weighted by atomic mass is 32.1. The van der Waals surface area contributed by atoms with E-state index in [1.54, 1.807) is 18.2 Å². The van der Waals surface area contributed by atoms with Gasteiger partial charge in [-0.1, -0.05) is 0 Å². The summed E-state index contributed by atoms with van der Waals surface area (Å²) >= 11 is 5.09.